The Morgan fingerprint density at radius 1 is 1.20 bits per heavy atom. The Hall–Kier alpha value is -2.48. The number of aliphatic hydroxyl groups excluding tert-OH is 1. The average Bonchev–Trinajstić information content (AvgIpc) is 2.42. The minimum absolute atomic E-state index is 0.271. The monoisotopic (exact) mass is 284 g/mol. The van der Waals surface area contributed by atoms with Crippen LogP contribution in [0.25, 0.3) is 0 Å². The number of hydrogen-bond donors (Lipinski definition) is 4. The molecule has 0 aliphatic heterocycles. The van der Waals surface area contributed by atoms with Crippen LogP contribution < -0.4 is 10.9 Å². The topological polar surface area (TPSA) is 116 Å². The van der Waals surface area contributed by atoms with E-state index >= 15 is 0 Å². The smallest absolute Gasteiger partial charge is 0.303 e. The summed E-state index contributed by atoms with van der Waals surface area (Å²) in [5.41, 5.74) is 3.54. The van der Waals surface area contributed by atoms with Gasteiger partial charge in [0.05, 0.1) is 5.56 Å². The maximum atomic E-state index is 13.2. The van der Waals surface area contributed by atoms with Gasteiger partial charge in [0, 0.05) is 6.42 Å². The molecule has 108 valence electrons. The van der Waals surface area contributed by atoms with Crippen molar-refractivity contribution in [1.29, 1.82) is 0 Å². The van der Waals surface area contributed by atoms with Gasteiger partial charge in [-0.1, -0.05) is 12.1 Å². The zero-order valence-corrected chi connectivity index (χ0v) is 10.3. The Kier molecular flexibility index (Phi) is 5.60. The Labute approximate surface area is 113 Å². The number of amides is 2. The first-order valence-electron chi connectivity index (χ1n) is 5.66. The van der Waals surface area contributed by atoms with Gasteiger partial charge in [0.25, 0.3) is 11.8 Å². The molecular weight excluding hydrogens is 271 g/mol. The van der Waals surface area contributed by atoms with Crippen LogP contribution in [0.3, 0.4) is 0 Å². The zero-order chi connectivity index (χ0) is 15.1. The normalized spacial score (nSPS) is 11.5. The van der Waals surface area contributed by atoms with Crippen LogP contribution in [0.1, 0.15) is 23.2 Å². The molecule has 0 saturated carbocycles. The molecule has 1 aromatic carbocycles. The molecule has 4 N–H and O–H groups in total. The maximum Gasteiger partial charge on any atom is 0.303 e. The summed E-state index contributed by atoms with van der Waals surface area (Å²) in [6.07, 6.45) is -2.26. The third kappa shape index (κ3) is 4.65. The van der Waals surface area contributed by atoms with Gasteiger partial charge in [-0.25, -0.2) is 4.39 Å². The molecule has 2 amide bonds. The van der Waals surface area contributed by atoms with Crippen molar-refractivity contribution in [2.24, 2.45) is 0 Å². The molecule has 8 heteroatoms. The van der Waals surface area contributed by atoms with E-state index in [9.17, 15) is 23.9 Å². The first-order chi connectivity index (χ1) is 9.41. The molecule has 0 unspecified atom stereocenters. The number of carboxylic acid groups (broad SMARTS) is 1. The fourth-order valence-corrected chi connectivity index (χ4v) is 1.31. The molecule has 1 aromatic rings. The van der Waals surface area contributed by atoms with Gasteiger partial charge in [-0.2, -0.15) is 0 Å². The van der Waals surface area contributed by atoms with Crippen LogP contribution in [0.2, 0.25) is 0 Å². The summed E-state index contributed by atoms with van der Waals surface area (Å²) in [6.45, 7) is 0. The summed E-state index contributed by atoms with van der Waals surface area (Å²) in [7, 11) is 0. The fraction of sp³-hybridized carbons (Fsp3) is 0.250. The number of aliphatic carboxylic acids is 1. The van der Waals surface area contributed by atoms with Gasteiger partial charge in [0.2, 0.25) is 0 Å². The standard InChI is InChI=1S/C12H13FN2O5/c13-8-4-2-1-3-7(8)11(19)14-15-12(20)9(16)5-6-10(17)18/h1-4,9,16H,5-6H2,(H,14,19)(H,15,20)(H,17,18)/t9-/m0/s1. The molecular formula is C12H13FN2O5. The van der Waals surface area contributed by atoms with Crippen LogP contribution in [0.4, 0.5) is 4.39 Å². The molecule has 0 spiro atoms. The van der Waals surface area contributed by atoms with Crippen LogP contribution in [-0.2, 0) is 9.59 Å². The van der Waals surface area contributed by atoms with Gasteiger partial charge in [-0.05, 0) is 18.6 Å². The molecule has 1 rings (SSSR count). The first kappa shape index (κ1) is 15.6. The number of rotatable bonds is 5. The van der Waals surface area contributed by atoms with E-state index in [4.69, 9.17) is 5.11 Å². The van der Waals surface area contributed by atoms with E-state index in [0.717, 1.165) is 6.07 Å². The predicted molar refractivity (Wildman–Crippen MR) is 64.9 cm³/mol. The second kappa shape index (κ2) is 7.19. The third-order valence-corrected chi connectivity index (χ3v) is 2.35. The molecule has 0 radical (unpaired) electrons. The van der Waals surface area contributed by atoms with Crippen LogP contribution in [0.15, 0.2) is 24.3 Å². The number of halogens is 1. The molecule has 0 aliphatic carbocycles. The zero-order valence-electron chi connectivity index (χ0n) is 10.3. The Morgan fingerprint density at radius 2 is 1.85 bits per heavy atom. The minimum Gasteiger partial charge on any atom is -0.481 e. The van der Waals surface area contributed by atoms with Crippen molar-refractivity contribution < 1.29 is 29.0 Å². The second-order valence-corrected chi connectivity index (χ2v) is 3.87. The Morgan fingerprint density at radius 3 is 2.45 bits per heavy atom. The number of hydrazine groups is 1. The molecule has 1 atom stereocenters. The van der Waals surface area contributed by atoms with Gasteiger partial charge in [0.15, 0.2) is 0 Å². The molecule has 20 heavy (non-hydrogen) atoms. The van der Waals surface area contributed by atoms with Gasteiger partial charge in [-0.3, -0.25) is 25.2 Å². The van der Waals surface area contributed by atoms with Crippen LogP contribution in [0, 0.1) is 5.82 Å². The quantitative estimate of drug-likeness (QED) is 0.559. The highest BCUT2D eigenvalue weighted by atomic mass is 19.1. The largest absolute Gasteiger partial charge is 0.481 e. The summed E-state index contributed by atoms with van der Waals surface area (Å²) in [5.74, 6) is -3.78. The molecule has 0 fully saturated rings. The number of carboxylic acids is 1. The van der Waals surface area contributed by atoms with E-state index < -0.39 is 36.1 Å². The molecule has 0 aliphatic rings. The lowest BCUT2D eigenvalue weighted by atomic mass is 10.2. The number of carbonyl (C=O) groups is 3. The maximum absolute atomic E-state index is 13.2. The predicted octanol–water partition coefficient (Wildman–Crippen LogP) is -0.188. The highest BCUT2D eigenvalue weighted by Crippen LogP contribution is 2.05. The lowest BCUT2D eigenvalue weighted by molar-refractivity contribution is -0.138. The lowest BCUT2D eigenvalue weighted by Crippen LogP contribution is -2.46. The van der Waals surface area contributed by atoms with Crippen molar-refractivity contribution in [2.45, 2.75) is 18.9 Å². The lowest BCUT2D eigenvalue weighted by Gasteiger charge is -2.11. The molecule has 0 saturated heterocycles. The SMILES string of the molecule is O=C(O)CC[C@H](O)C(=O)NNC(=O)c1ccccc1F. The highest BCUT2D eigenvalue weighted by Gasteiger charge is 2.18. The van der Waals surface area contributed by atoms with E-state index in [1.54, 1.807) is 0 Å². The van der Waals surface area contributed by atoms with Crippen LogP contribution in [-0.4, -0.2) is 34.1 Å². The van der Waals surface area contributed by atoms with E-state index in [0.29, 0.717) is 0 Å². The van der Waals surface area contributed by atoms with Gasteiger partial charge in [-0.15, -0.1) is 0 Å². The number of benzene rings is 1. The number of hydrogen-bond acceptors (Lipinski definition) is 4. The van der Waals surface area contributed by atoms with Crippen LogP contribution in [0.5, 0.6) is 0 Å². The van der Waals surface area contributed by atoms with Crippen molar-refractivity contribution in [3.05, 3.63) is 35.6 Å². The summed E-state index contributed by atoms with van der Waals surface area (Å²) < 4.78 is 13.2. The van der Waals surface area contributed by atoms with Gasteiger partial charge < -0.3 is 10.2 Å². The fourth-order valence-electron chi connectivity index (χ4n) is 1.31. The molecule has 0 bridgehead atoms. The molecule has 7 nitrogen and oxygen atoms in total. The summed E-state index contributed by atoms with van der Waals surface area (Å²) >= 11 is 0. The van der Waals surface area contributed by atoms with E-state index in [1.807, 2.05) is 10.9 Å². The highest BCUT2D eigenvalue weighted by molar-refractivity contribution is 5.95. The second-order valence-electron chi connectivity index (χ2n) is 3.87. The van der Waals surface area contributed by atoms with Crippen molar-refractivity contribution >= 4 is 17.8 Å². The van der Waals surface area contributed by atoms with E-state index in [-0.39, 0.29) is 12.0 Å². The van der Waals surface area contributed by atoms with Crippen LogP contribution >= 0.6 is 0 Å². The summed E-state index contributed by atoms with van der Waals surface area (Å²) in [5, 5.41) is 17.7. The number of carbonyl (C=O) groups excluding carboxylic acids is 2. The minimum atomic E-state index is -1.58. The van der Waals surface area contributed by atoms with Crippen molar-refractivity contribution in [1.82, 2.24) is 10.9 Å². The van der Waals surface area contributed by atoms with E-state index in [2.05, 4.69) is 0 Å². The third-order valence-electron chi connectivity index (χ3n) is 2.35. The van der Waals surface area contributed by atoms with E-state index in [1.165, 1.54) is 18.2 Å². The Balaban J connectivity index is 2.47. The molecule has 0 heterocycles. The van der Waals surface area contributed by atoms with Crippen molar-refractivity contribution in [3.8, 4) is 0 Å². The number of nitrogens with one attached hydrogen (secondary N) is 2. The molecule has 0 aromatic heterocycles. The average molecular weight is 284 g/mol. The summed E-state index contributed by atoms with van der Waals surface area (Å²) in [4.78, 5) is 33.1. The van der Waals surface area contributed by atoms with Crippen molar-refractivity contribution in [3.63, 3.8) is 0 Å². The Bertz CT molecular complexity index is 520. The van der Waals surface area contributed by atoms with Gasteiger partial charge >= 0.3 is 5.97 Å². The number of aliphatic hydroxyl groups is 1. The van der Waals surface area contributed by atoms with Crippen molar-refractivity contribution in [2.75, 3.05) is 0 Å². The first-order valence-corrected chi connectivity index (χ1v) is 5.66. The summed E-state index contributed by atoms with van der Waals surface area (Å²) in [6, 6.07) is 5.15. The van der Waals surface area contributed by atoms with Gasteiger partial charge in [0.1, 0.15) is 11.9 Å².